The lowest BCUT2D eigenvalue weighted by molar-refractivity contribution is 1.18. The third kappa shape index (κ3) is 1.97. The monoisotopic (exact) mass is 267 g/mol. The quantitative estimate of drug-likeness (QED) is 0.812. The van der Waals surface area contributed by atoms with Crippen LogP contribution in [0.2, 0.25) is 0 Å². The number of nitriles is 1. The highest BCUT2D eigenvalue weighted by atomic mass is 79.9. The average molecular weight is 268 g/mol. The summed E-state index contributed by atoms with van der Waals surface area (Å²) in [4.78, 5) is 1.20. The molecule has 72 valence electrons. The van der Waals surface area contributed by atoms with Crippen LogP contribution in [0.25, 0.3) is 0 Å². The fourth-order valence-corrected chi connectivity index (χ4v) is 2.68. The highest BCUT2D eigenvalue weighted by Crippen LogP contribution is 2.51. The molecule has 0 atom stereocenters. The van der Waals surface area contributed by atoms with Gasteiger partial charge in [-0.2, -0.15) is 5.26 Å². The standard InChI is InChI=1S/C11H10BrNS/c1-8-6-9(2-3-10(8)12)14-11(7-13)4-5-11/h2-3,6H,4-5H2,1H3. The molecule has 0 radical (unpaired) electrons. The van der Waals surface area contributed by atoms with E-state index in [0.717, 1.165) is 17.3 Å². The number of nitrogens with zero attached hydrogens (tertiary/aromatic N) is 1. The first-order chi connectivity index (χ1) is 6.65. The van der Waals surface area contributed by atoms with Crippen LogP contribution in [0.4, 0.5) is 0 Å². The minimum Gasteiger partial charge on any atom is -0.197 e. The molecule has 1 fully saturated rings. The van der Waals surface area contributed by atoms with E-state index in [0.29, 0.717) is 0 Å². The Kier molecular flexibility index (Phi) is 2.59. The Morgan fingerprint density at radius 1 is 1.50 bits per heavy atom. The summed E-state index contributed by atoms with van der Waals surface area (Å²) in [6, 6.07) is 8.63. The maximum Gasteiger partial charge on any atom is 0.107 e. The normalized spacial score (nSPS) is 17.5. The second-order valence-corrected chi connectivity index (χ2v) is 5.93. The molecule has 0 spiro atoms. The number of halogens is 1. The summed E-state index contributed by atoms with van der Waals surface area (Å²) in [5, 5.41) is 8.96. The molecule has 0 saturated heterocycles. The Labute approximate surface area is 96.6 Å². The van der Waals surface area contributed by atoms with Crippen molar-refractivity contribution >= 4 is 27.7 Å². The van der Waals surface area contributed by atoms with E-state index in [2.05, 4.69) is 41.1 Å². The SMILES string of the molecule is Cc1cc(SC2(C#N)CC2)ccc1Br. The molecule has 0 amide bonds. The van der Waals surface area contributed by atoms with Gasteiger partial charge in [0.05, 0.1) is 6.07 Å². The number of rotatable bonds is 2. The molecule has 1 aliphatic carbocycles. The van der Waals surface area contributed by atoms with E-state index in [1.54, 1.807) is 11.8 Å². The van der Waals surface area contributed by atoms with Crippen LogP contribution in [0.15, 0.2) is 27.6 Å². The van der Waals surface area contributed by atoms with Gasteiger partial charge in [-0.05, 0) is 43.5 Å². The lowest BCUT2D eigenvalue weighted by Crippen LogP contribution is -1.96. The largest absolute Gasteiger partial charge is 0.197 e. The Morgan fingerprint density at radius 2 is 2.21 bits per heavy atom. The Morgan fingerprint density at radius 3 is 2.71 bits per heavy atom. The summed E-state index contributed by atoms with van der Waals surface area (Å²) in [5.41, 5.74) is 1.23. The van der Waals surface area contributed by atoms with Gasteiger partial charge in [-0.3, -0.25) is 0 Å². The van der Waals surface area contributed by atoms with Gasteiger partial charge in [-0.1, -0.05) is 15.9 Å². The first-order valence-corrected chi connectivity index (χ1v) is 6.13. The van der Waals surface area contributed by atoms with Crippen molar-refractivity contribution in [2.24, 2.45) is 0 Å². The van der Waals surface area contributed by atoms with Crippen molar-refractivity contribution in [2.75, 3.05) is 0 Å². The molecular weight excluding hydrogens is 258 g/mol. The highest BCUT2D eigenvalue weighted by Gasteiger charge is 2.44. The summed E-state index contributed by atoms with van der Waals surface area (Å²) in [7, 11) is 0. The molecule has 14 heavy (non-hydrogen) atoms. The zero-order valence-electron chi connectivity index (χ0n) is 7.88. The maximum absolute atomic E-state index is 8.96. The molecule has 0 unspecified atom stereocenters. The zero-order valence-corrected chi connectivity index (χ0v) is 10.3. The summed E-state index contributed by atoms with van der Waals surface area (Å²) < 4.78 is 1.02. The Bertz CT molecular complexity index is 404. The van der Waals surface area contributed by atoms with Gasteiger partial charge >= 0.3 is 0 Å². The summed E-state index contributed by atoms with van der Waals surface area (Å²) >= 11 is 5.17. The third-order valence-corrected chi connectivity index (χ3v) is 4.62. The van der Waals surface area contributed by atoms with E-state index < -0.39 is 0 Å². The second-order valence-electron chi connectivity index (χ2n) is 3.62. The molecule has 0 aromatic heterocycles. The molecular formula is C11H10BrNS. The molecule has 1 aliphatic rings. The van der Waals surface area contributed by atoms with Gasteiger partial charge in [-0.25, -0.2) is 0 Å². The molecule has 0 N–H and O–H groups in total. The predicted octanol–water partition coefficient (Wildman–Crippen LogP) is 3.91. The van der Waals surface area contributed by atoms with Crippen LogP contribution in [-0.4, -0.2) is 4.75 Å². The van der Waals surface area contributed by atoms with Gasteiger partial charge in [0.2, 0.25) is 0 Å². The third-order valence-electron chi connectivity index (χ3n) is 2.35. The van der Waals surface area contributed by atoms with E-state index in [1.807, 2.05) is 6.07 Å². The van der Waals surface area contributed by atoms with Crippen LogP contribution in [0.5, 0.6) is 0 Å². The lowest BCUT2D eigenvalue weighted by Gasteiger charge is -2.06. The molecule has 1 aromatic rings. The van der Waals surface area contributed by atoms with Gasteiger partial charge in [0, 0.05) is 9.37 Å². The smallest absolute Gasteiger partial charge is 0.107 e. The molecule has 3 heteroatoms. The van der Waals surface area contributed by atoms with Gasteiger partial charge in [0.15, 0.2) is 0 Å². The van der Waals surface area contributed by atoms with Crippen LogP contribution in [0.1, 0.15) is 18.4 Å². The van der Waals surface area contributed by atoms with Gasteiger partial charge in [0.25, 0.3) is 0 Å². The number of thioether (sulfide) groups is 1. The maximum atomic E-state index is 8.96. The van der Waals surface area contributed by atoms with Gasteiger partial charge in [-0.15, -0.1) is 11.8 Å². The van der Waals surface area contributed by atoms with Crippen molar-refractivity contribution in [1.29, 1.82) is 5.26 Å². The molecule has 1 saturated carbocycles. The number of aryl methyl sites for hydroxylation is 1. The minimum absolute atomic E-state index is 0.111. The molecule has 2 rings (SSSR count). The first kappa shape index (κ1) is 10.1. The van der Waals surface area contributed by atoms with Crippen molar-refractivity contribution in [3.63, 3.8) is 0 Å². The summed E-state index contributed by atoms with van der Waals surface area (Å²) in [5.74, 6) is 0. The zero-order chi connectivity index (χ0) is 10.2. The van der Waals surface area contributed by atoms with Crippen LogP contribution in [0.3, 0.4) is 0 Å². The van der Waals surface area contributed by atoms with E-state index in [-0.39, 0.29) is 4.75 Å². The van der Waals surface area contributed by atoms with Crippen molar-refractivity contribution in [1.82, 2.24) is 0 Å². The minimum atomic E-state index is -0.111. The lowest BCUT2D eigenvalue weighted by atomic mass is 10.2. The van der Waals surface area contributed by atoms with Crippen molar-refractivity contribution in [2.45, 2.75) is 29.4 Å². The number of hydrogen-bond donors (Lipinski definition) is 0. The van der Waals surface area contributed by atoms with Gasteiger partial charge in [0.1, 0.15) is 4.75 Å². The molecule has 0 aliphatic heterocycles. The molecule has 1 nitrogen and oxygen atoms in total. The van der Waals surface area contributed by atoms with E-state index in [4.69, 9.17) is 5.26 Å². The molecule has 0 bridgehead atoms. The Balaban J connectivity index is 2.19. The predicted molar refractivity (Wildman–Crippen MR) is 62.3 cm³/mol. The first-order valence-electron chi connectivity index (χ1n) is 4.52. The topological polar surface area (TPSA) is 23.8 Å². The summed E-state index contributed by atoms with van der Waals surface area (Å²) in [6.07, 6.45) is 2.06. The van der Waals surface area contributed by atoms with Crippen LogP contribution >= 0.6 is 27.7 Å². The molecule has 0 heterocycles. The molecule has 1 aromatic carbocycles. The van der Waals surface area contributed by atoms with Crippen LogP contribution in [0, 0.1) is 18.3 Å². The fourth-order valence-electron chi connectivity index (χ4n) is 1.26. The number of hydrogen-bond acceptors (Lipinski definition) is 2. The second kappa shape index (κ2) is 3.60. The highest BCUT2D eigenvalue weighted by molar-refractivity contribution is 9.10. The Hall–Kier alpha value is -0.460. The average Bonchev–Trinajstić information content (AvgIpc) is 2.93. The number of benzene rings is 1. The van der Waals surface area contributed by atoms with E-state index in [1.165, 1.54) is 10.5 Å². The van der Waals surface area contributed by atoms with Crippen LogP contribution in [-0.2, 0) is 0 Å². The van der Waals surface area contributed by atoms with E-state index in [9.17, 15) is 0 Å². The van der Waals surface area contributed by atoms with E-state index >= 15 is 0 Å². The van der Waals surface area contributed by atoms with Crippen molar-refractivity contribution < 1.29 is 0 Å². The van der Waals surface area contributed by atoms with Crippen LogP contribution < -0.4 is 0 Å². The van der Waals surface area contributed by atoms with Crippen molar-refractivity contribution in [3.05, 3.63) is 28.2 Å². The van der Waals surface area contributed by atoms with Gasteiger partial charge < -0.3 is 0 Å². The van der Waals surface area contributed by atoms with Crippen molar-refractivity contribution in [3.8, 4) is 6.07 Å². The summed E-state index contributed by atoms with van der Waals surface area (Å²) in [6.45, 7) is 2.07. The fraction of sp³-hybridized carbons (Fsp3) is 0.364.